The molecule has 0 bridgehead atoms. The van der Waals surface area contributed by atoms with Crippen LogP contribution in [0.4, 0.5) is 0 Å². The van der Waals surface area contributed by atoms with E-state index in [9.17, 15) is 0 Å². The second kappa shape index (κ2) is 6.27. The Kier molecular flexibility index (Phi) is 4.93. The number of rotatable bonds is 4. The highest BCUT2D eigenvalue weighted by molar-refractivity contribution is 5.24. The molecule has 0 aliphatic rings. The molecule has 1 aromatic carbocycles. The highest BCUT2D eigenvalue weighted by atomic mass is 14.9. The van der Waals surface area contributed by atoms with Gasteiger partial charge >= 0.3 is 0 Å². The van der Waals surface area contributed by atoms with Crippen LogP contribution in [0.25, 0.3) is 0 Å². The number of hydrogen-bond donors (Lipinski definition) is 1. The number of nitrogens with one attached hydrogen (secondary N) is 1. The normalized spacial score (nSPS) is 11.7. The zero-order valence-corrected chi connectivity index (χ0v) is 9.80. The van der Waals surface area contributed by atoms with Gasteiger partial charge in [0.1, 0.15) is 0 Å². The van der Waals surface area contributed by atoms with E-state index in [1.165, 1.54) is 11.1 Å². The third-order valence-corrected chi connectivity index (χ3v) is 2.56. The molecule has 0 amide bonds. The van der Waals surface area contributed by atoms with E-state index in [1.54, 1.807) is 0 Å². The minimum Gasteiger partial charge on any atom is -0.300 e. The van der Waals surface area contributed by atoms with Crippen LogP contribution in [-0.4, -0.2) is 6.54 Å². The van der Waals surface area contributed by atoms with Crippen molar-refractivity contribution in [2.45, 2.75) is 33.2 Å². The molecule has 0 heterocycles. The predicted molar refractivity (Wildman–Crippen MR) is 65.7 cm³/mol. The predicted octanol–water partition coefficient (Wildman–Crippen LogP) is 2.92. The molecule has 0 aliphatic carbocycles. The lowest BCUT2D eigenvalue weighted by Gasteiger charge is -2.12. The molecule has 1 atom stereocenters. The summed E-state index contributed by atoms with van der Waals surface area (Å²) in [6.07, 6.45) is 1.10. The molecule has 0 aliphatic heterocycles. The third-order valence-electron chi connectivity index (χ3n) is 2.56. The maximum atomic E-state index is 3.36. The Bertz CT molecular complexity index is 340. The first-order valence-electron chi connectivity index (χ1n) is 5.49. The Labute approximate surface area is 92.9 Å². The van der Waals surface area contributed by atoms with Crippen molar-refractivity contribution >= 4 is 0 Å². The van der Waals surface area contributed by atoms with Crippen molar-refractivity contribution in [3.8, 4) is 11.8 Å². The zero-order chi connectivity index (χ0) is 11.1. The van der Waals surface area contributed by atoms with Crippen molar-refractivity contribution < 1.29 is 0 Å². The van der Waals surface area contributed by atoms with Gasteiger partial charge in [0.15, 0.2) is 0 Å². The highest BCUT2D eigenvalue weighted by Gasteiger charge is 2.02. The average Bonchev–Trinajstić information content (AvgIpc) is 2.29. The standard InChI is InChI=1S/C14H19N/c1-4-6-11-15-12(3)14-9-7-13(5-2)8-10-14/h7-10,12,15H,5,11H2,1-3H3. The number of aryl methyl sites for hydroxylation is 1. The van der Waals surface area contributed by atoms with Crippen LogP contribution in [0.5, 0.6) is 0 Å². The fourth-order valence-corrected chi connectivity index (χ4v) is 1.45. The number of benzene rings is 1. The molecule has 1 rings (SSSR count). The van der Waals surface area contributed by atoms with Gasteiger partial charge < -0.3 is 0 Å². The molecule has 1 N–H and O–H groups in total. The molecule has 0 saturated carbocycles. The van der Waals surface area contributed by atoms with Crippen LogP contribution >= 0.6 is 0 Å². The Balaban J connectivity index is 2.56. The molecular weight excluding hydrogens is 182 g/mol. The van der Waals surface area contributed by atoms with Gasteiger partial charge in [-0.1, -0.05) is 37.1 Å². The summed E-state index contributed by atoms with van der Waals surface area (Å²) in [6, 6.07) is 9.14. The van der Waals surface area contributed by atoms with Crippen LogP contribution in [0, 0.1) is 11.8 Å². The molecule has 0 saturated heterocycles. The molecule has 1 unspecified atom stereocenters. The summed E-state index contributed by atoms with van der Waals surface area (Å²) >= 11 is 0. The molecule has 15 heavy (non-hydrogen) atoms. The van der Waals surface area contributed by atoms with E-state index in [1.807, 2.05) is 6.92 Å². The van der Waals surface area contributed by atoms with Gasteiger partial charge in [0, 0.05) is 6.04 Å². The van der Waals surface area contributed by atoms with E-state index in [2.05, 4.69) is 55.3 Å². The minimum absolute atomic E-state index is 0.372. The molecule has 0 aromatic heterocycles. The van der Waals surface area contributed by atoms with Crippen LogP contribution < -0.4 is 5.32 Å². The molecular formula is C14H19N. The lowest BCUT2D eigenvalue weighted by atomic mass is 10.1. The lowest BCUT2D eigenvalue weighted by Crippen LogP contribution is -2.18. The Hall–Kier alpha value is -1.26. The van der Waals surface area contributed by atoms with Crippen molar-refractivity contribution in [1.82, 2.24) is 5.32 Å². The molecule has 0 spiro atoms. The zero-order valence-electron chi connectivity index (χ0n) is 9.80. The largest absolute Gasteiger partial charge is 0.300 e. The van der Waals surface area contributed by atoms with E-state index in [-0.39, 0.29) is 0 Å². The molecule has 1 aromatic rings. The maximum absolute atomic E-state index is 3.36. The summed E-state index contributed by atoms with van der Waals surface area (Å²) in [6.45, 7) is 6.96. The summed E-state index contributed by atoms with van der Waals surface area (Å²) in [5, 5.41) is 3.36. The maximum Gasteiger partial charge on any atom is 0.0581 e. The van der Waals surface area contributed by atoms with E-state index in [0.717, 1.165) is 13.0 Å². The van der Waals surface area contributed by atoms with Gasteiger partial charge in [-0.2, -0.15) is 0 Å². The van der Waals surface area contributed by atoms with Crippen LogP contribution in [-0.2, 0) is 6.42 Å². The first-order valence-corrected chi connectivity index (χ1v) is 5.49. The molecule has 0 radical (unpaired) electrons. The van der Waals surface area contributed by atoms with Crippen molar-refractivity contribution in [2.24, 2.45) is 0 Å². The Morgan fingerprint density at radius 2 is 1.93 bits per heavy atom. The summed E-state index contributed by atoms with van der Waals surface area (Å²) in [4.78, 5) is 0. The van der Waals surface area contributed by atoms with Gasteiger partial charge in [0.2, 0.25) is 0 Å². The van der Waals surface area contributed by atoms with E-state index >= 15 is 0 Å². The van der Waals surface area contributed by atoms with Crippen LogP contribution in [0.2, 0.25) is 0 Å². The van der Waals surface area contributed by atoms with E-state index in [0.29, 0.717) is 6.04 Å². The SMILES string of the molecule is CC#CCNC(C)c1ccc(CC)cc1. The summed E-state index contributed by atoms with van der Waals surface area (Å²) in [5.41, 5.74) is 2.71. The first-order chi connectivity index (χ1) is 7.27. The van der Waals surface area contributed by atoms with Crippen LogP contribution in [0.3, 0.4) is 0 Å². The fraction of sp³-hybridized carbons (Fsp3) is 0.429. The van der Waals surface area contributed by atoms with Gasteiger partial charge in [0.05, 0.1) is 6.54 Å². The van der Waals surface area contributed by atoms with Crippen molar-refractivity contribution in [1.29, 1.82) is 0 Å². The van der Waals surface area contributed by atoms with Crippen LogP contribution in [0.15, 0.2) is 24.3 Å². The average molecular weight is 201 g/mol. The van der Waals surface area contributed by atoms with Crippen molar-refractivity contribution in [3.63, 3.8) is 0 Å². The summed E-state index contributed by atoms with van der Waals surface area (Å²) in [5.74, 6) is 5.89. The van der Waals surface area contributed by atoms with Crippen molar-refractivity contribution in [2.75, 3.05) is 6.54 Å². The smallest absolute Gasteiger partial charge is 0.0581 e. The lowest BCUT2D eigenvalue weighted by molar-refractivity contribution is 0.623. The first kappa shape index (κ1) is 11.8. The Morgan fingerprint density at radius 3 is 2.47 bits per heavy atom. The van der Waals surface area contributed by atoms with E-state index < -0.39 is 0 Å². The second-order valence-corrected chi connectivity index (χ2v) is 3.62. The minimum atomic E-state index is 0.372. The van der Waals surface area contributed by atoms with Gasteiger partial charge in [-0.3, -0.25) is 5.32 Å². The molecule has 1 heteroatoms. The van der Waals surface area contributed by atoms with Gasteiger partial charge in [-0.25, -0.2) is 0 Å². The summed E-state index contributed by atoms with van der Waals surface area (Å²) in [7, 11) is 0. The fourth-order valence-electron chi connectivity index (χ4n) is 1.45. The third kappa shape index (κ3) is 3.77. The monoisotopic (exact) mass is 201 g/mol. The topological polar surface area (TPSA) is 12.0 Å². The van der Waals surface area contributed by atoms with E-state index in [4.69, 9.17) is 0 Å². The van der Waals surface area contributed by atoms with Gasteiger partial charge in [-0.15, -0.1) is 5.92 Å². The molecule has 80 valence electrons. The highest BCUT2D eigenvalue weighted by Crippen LogP contribution is 2.13. The summed E-state index contributed by atoms with van der Waals surface area (Å²) < 4.78 is 0. The van der Waals surface area contributed by atoms with Crippen LogP contribution in [0.1, 0.15) is 37.9 Å². The quantitative estimate of drug-likeness (QED) is 0.739. The number of hydrogen-bond acceptors (Lipinski definition) is 1. The second-order valence-electron chi connectivity index (χ2n) is 3.62. The van der Waals surface area contributed by atoms with Crippen molar-refractivity contribution in [3.05, 3.63) is 35.4 Å². The van der Waals surface area contributed by atoms with Gasteiger partial charge in [-0.05, 0) is 31.4 Å². The molecule has 0 fully saturated rings. The van der Waals surface area contributed by atoms with Gasteiger partial charge in [0.25, 0.3) is 0 Å². The Morgan fingerprint density at radius 1 is 1.27 bits per heavy atom. The molecule has 1 nitrogen and oxygen atoms in total.